The van der Waals surface area contributed by atoms with Crippen LogP contribution < -0.4 is 15.0 Å². The number of carbonyl (C=O) groups is 1. The van der Waals surface area contributed by atoms with Gasteiger partial charge in [0, 0.05) is 18.2 Å². The van der Waals surface area contributed by atoms with Crippen molar-refractivity contribution in [2.24, 2.45) is 0 Å². The molecule has 2 aromatic carbocycles. The highest BCUT2D eigenvalue weighted by molar-refractivity contribution is 5.71. The zero-order valence-electron chi connectivity index (χ0n) is 20.1. The molecule has 0 spiro atoms. The van der Waals surface area contributed by atoms with Gasteiger partial charge in [0.25, 0.3) is 5.56 Å². The lowest BCUT2D eigenvalue weighted by molar-refractivity contribution is -0.140. The van der Waals surface area contributed by atoms with Gasteiger partial charge >= 0.3 is 5.97 Å². The molecule has 0 unspecified atom stereocenters. The van der Waals surface area contributed by atoms with Gasteiger partial charge in [0.2, 0.25) is 0 Å². The van der Waals surface area contributed by atoms with Crippen molar-refractivity contribution >= 4 is 5.97 Å². The number of pyridine rings is 1. The Hall–Kier alpha value is -4.14. The first-order valence-corrected chi connectivity index (χ1v) is 10.9. The van der Waals surface area contributed by atoms with Crippen LogP contribution in [0.2, 0.25) is 0 Å². The number of aromatic hydroxyl groups is 3. The van der Waals surface area contributed by atoms with Gasteiger partial charge in [0.05, 0.1) is 33.3 Å². The number of rotatable bonds is 9. The molecule has 0 fully saturated rings. The molecule has 0 saturated heterocycles. The molecule has 0 aliphatic rings. The molecule has 35 heavy (non-hydrogen) atoms. The fourth-order valence-corrected chi connectivity index (χ4v) is 4.05. The molecule has 0 bridgehead atoms. The molecule has 3 aromatic rings. The highest BCUT2D eigenvalue weighted by atomic mass is 16.5. The van der Waals surface area contributed by atoms with Gasteiger partial charge in [-0.1, -0.05) is 12.1 Å². The van der Waals surface area contributed by atoms with Crippen molar-refractivity contribution in [3.8, 4) is 28.7 Å². The van der Waals surface area contributed by atoms with E-state index in [1.807, 2.05) is 0 Å². The summed E-state index contributed by atoms with van der Waals surface area (Å²) in [5, 5.41) is 30.1. The fourth-order valence-electron chi connectivity index (χ4n) is 4.05. The average molecular weight is 484 g/mol. The highest BCUT2D eigenvalue weighted by Crippen LogP contribution is 2.37. The first-order valence-electron chi connectivity index (χ1n) is 10.9. The molecule has 1 aromatic heterocycles. The van der Waals surface area contributed by atoms with E-state index in [1.54, 1.807) is 31.2 Å². The maximum absolute atomic E-state index is 13.6. The summed E-state index contributed by atoms with van der Waals surface area (Å²) in [6.45, 7) is 1.95. The van der Waals surface area contributed by atoms with Gasteiger partial charge in [0.15, 0.2) is 23.0 Å². The molecule has 9 heteroatoms. The number of phenols is 2. The molecule has 1 atom stereocenters. The minimum atomic E-state index is -0.806. The van der Waals surface area contributed by atoms with Gasteiger partial charge in [0.1, 0.15) is 5.75 Å². The molecule has 3 N–H and O–H groups in total. The van der Waals surface area contributed by atoms with Crippen molar-refractivity contribution in [1.82, 2.24) is 4.57 Å². The predicted molar refractivity (Wildman–Crippen MR) is 129 cm³/mol. The Morgan fingerprint density at radius 2 is 1.63 bits per heavy atom. The van der Waals surface area contributed by atoms with E-state index >= 15 is 0 Å². The molecule has 9 nitrogen and oxygen atoms in total. The summed E-state index contributed by atoms with van der Waals surface area (Å²) in [6.07, 6.45) is 0.209. The predicted octanol–water partition coefficient (Wildman–Crippen LogP) is 3.23. The van der Waals surface area contributed by atoms with Gasteiger partial charge in [-0.05, 0) is 54.8 Å². The quantitative estimate of drug-likeness (QED) is 0.313. The van der Waals surface area contributed by atoms with E-state index in [2.05, 4.69) is 0 Å². The standard InChI is InChI=1S/C26H29NO8/c1-15-11-21(30)25(26(32)27(15)10-9-16-5-7-19(28)20(29)12-16)18(14-24(31)35-4)17-6-8-22(33-2)23(13-17)34-3/h5-8,11-13,18,28-30H,9-10,14H2,1-4H3/t18-/m0/s1. The van der Waals surface area contributed by atoms with Crippen LogP contribution in [0.25, 0.3) is 0 Å². The number of hydrogen-bond acceptors (Lipinski definition) is 8. The van der Waals surface area contributed by atoms with Crippen molar-refractivity contribution in [3.63, 3.8) is 0 Å². The van der Waals surface area contributed by atoms with Crippen LogP contribution in [0.15, 0.2) is 47.3 Å². The van der Waals surface area contributed by atoms with Crippen LogP contribution in [-0.4, -0.2) is 47.2 Å². The second-order valence-corrected chi connectivity index (χ2v) is 8.06. The number of carbonyl (C=O) groups excluding carboxylic acids is 1. The lowest BCUT2D eigenvalue weighted by Gasteiger charge is -2.21. The maximum atomic E-state index is 13.6. The average Bonchev–Trinajstić information content (AvgIpc) is 2.84. The number of nitrogens with zero attached hydrogens (tertiary/aromatic N) is 1. The molecule has 1 heterocycles. The molecular formula is C26H29NO8. The van der Waals surface area contributed by atoms with Gasteiger partial charge in [-0.2, -0.15) is 0 Å². The van der Waals surface area contributed by atoms with E-state index < -0.39 is 17.4 Å². The summed E-state index contributed by atoms with van der Waals surface area (Å²) in [5.41, 5.74) is 1.42. The second-order valence-electron chi connectivity index (χ2n) is 8.06. The summed E-state index contributed by atoms with van der Waals surface area (Å²) >= 11 is 0. The molecule has 186 valence electrons. The van der Waals surface area contributed by atoms with E-state index in [9.17, 15) is 24.9 Å². The Bertz CT molecular complexity index is 1280. The van der Waals surface area contributed by atoms with Crippen LogP contribution in [0, 0.1) is 6.92 Å². The Labute approximate surface area is 202 Å². The van der Waals surface area contributed by atoms with E-state index in [0.29, 0.717) is 34.7 Å². The fraction of sp³-hybridized carbons (Fsp3) is 0.308. The summed E-state index contributed by atoms with van der Waals surface area (Å²) in [5.74, 6) is -1.15. The van der Waals surface area contributed by atoms with Crippen molar-refractivity contribution in [2.75, 3.05) is 21.3 Å². The van der Waals surface area contributed by atoms with Crippen molar-refractivity contribution in [2.45, 2.75) is 32.2 Å². The summed E-state index contributed by atoms with van der Waals surface area (Å²) in [7, 11) is 4.24. The molecule has 0 amide bonds. The minimum absolute atomic E-state index is 0.0572. The van der Waals surface area contributed by atoms with Crippen LogP contribution in [0.1, 0.15) is 34.7 Å². The molecule has 0 aliphatic carbocycles. The Kier molecular flexibility index (Phi) is 7.91. The SMILES string of the molecule is COC(=O)C[C@@H](c1ccc(OC)c(OC)c1)c1c(O)cc(C)n(CCc2ccc(O)c(O)c2)c1=O. The lowest BCUT2D eigenvalue weighted by atomic mass is 9.88. The Balaban J connectivity index is 2.08. The number of methoxy groups -OCH3 is 3. The van der Waals surface area contributed by atoms with Crippen LogP contribution in [0.3, 0.4) is 0 Å². The molecule has 0 saturated carbocycles. The van der Waals surface area contributed by atoms with Crippen molar-refractivity contribution < 1.29 is 34.3 Å². The van der Waals surface area contributed by atoms with E-state index in [-0.39, 0.29) is 35.8 Å². The molecular weight excluding hydrogens is 454 g/mol. The third-order valence-electron chi connectivity index (χ3n) is 5.94. The number of ether oxygens (including phenoxy) is 3. The largest absolute Gasteiger partial charge is 0.507 e. The Morgan fingerprint density at radius 3 is 2.26 bits per heavy atom. The number of aromatic nitrogens is 1. The normalized spacial score (nSPS) is 11.7. The van der Waals surface area contributed by atoms with Crippen LogP contribution in [-0.2, 0) is 22.5 Å². The third-order valence-corrected chi connectivity index (χ3v) is 5.94. The van der Waals surface area contributed by atoms with Crippen molar-refractivity contribution in [1.29, 1.82) is 0 Å². The third kappa shape index (κ3) is 5.51. The zero-order chi connectivity index (χ0) is 25.7. The van der Waals surface area contributed by atoms with Crippen LogP contribution >= 0.6 is 0 Å². The second kappa shape index (κ2) is 10.9. The van der Waals surface area contributed by atoms with Gasteiger partial charge in [-0.25, -0.2) is 0 Å². The Morgan fingerprint density at radius 1 is 0.914 bits per heavy atom. The summed E-state index contributed by atoms with van der Waals surface area (Å²) < 4.78 is 17.0. The van der Waals surface area contributed by atoms with Gasteiger partial charge in [-0.3, -0.25) is 9.59 Å². The number of aryl methyl sites for hydroxylation is 2. The van der Waals surface area contributed by atoms with Crippen LogP contribution in [0.4, 0.5) is 0 Å². The van der Waals surface area contributed by atoms with Gasteiger partial charge < -0.3 is 34.1 Å². The number of hydrogen-bond donors (Lipinski definition) is 3. The molecule has 0 radical (unpaired) electrons. The van der Waals surface area contributed by atoms with Gasteiger partial charge in [-0.15, -0.1) is 0 Å². The van der Waals surface area contributed by atoms with Crippen LogP contribution in [0.5, 0.6) is 28.7 Å². The smallest absolute Gasteiger partial charge is 0.306 e. The summed E-state index contributed by atoms with van der Waals surface area (Å²) in [6, 6.07) is 11.0. The first-order chi connectivity index (χ1) is 16.7. The first kappa shape index (κ1) is 25.5. The lowest BCUT2D eigenvalue weighted by Crippen LogP contribution is -2.29. The number of phenolic OH excluding ortho intramolecular Hbond substituents is 2. The topological polar surface area (TPSA) is 127 Å². The summed E-state index contributed by atoms with van der Waals surface area (Å²) in [4.78, 5) is 25.9. The number of benzene rings is 2. The monoisotopic (exact) mass is 483 g/mol. The minimum Gasteiger partial charge on any atom is -0.507 e. The van der Waals surface area contributed by atoms with E-state index in [4.69, 9.17) is 14.2 Å². The maximum Gasteiger partial charge on any atom is 0.306 e. The van der Waals surface area contributed by atoms with Crippen molar-refractivity contribution in [3.05, 3.63) is 75.2 Å². The number of esters is 1. The highest BCUT2D eigenvalue weighted by Gasteiger charge is 2.27. The van der Waals surface area contributed by atoms with E-state index in [1.165, 1.54) is 44.1 Å². The molecule has 0 aliphatic heterocycles. The zero-order valence-corrected chi connectivity index (χ0v) is 20.1. The molecule has 3 rings (SSSR count). The van der Waals surface area contributed by atoms with E-state index in [0.717, 1.165) is 0 Å².